The molecule has 28 heavy (non-hydrogen) atoms. The predicted octanol–water partition coefficient (Wildman–Crippen LogP) is 4.53. The Balaban J connectivity index is 1.75. The van der Waals surface area contributed by atoms with Crippen molar-refractivity contribution in [3.63, 3.8) is 0 Å². The monoisotopic (exact) mass is 387 g/mol. The summed E-state index contributed by atoms with van der Waals surface area (Å²) in [5.41, 5.74) is 0.880. The lowest BCUT2D eigenvalue weighted by molar-refractivity contribution is -0.148. The van der Waals surface area contributed by atoms with Crippen LogP contribution in [0.2, 0.25) is 0 Å². The Morgan fingerprint density at radius 1 is 1.18 bits per heavy atom. The SMILES string of the molecule is CC(C)C1CC(O)C(CC2CCCCC2)N(C(=O)OCc2ccccc2)C1=O. The smallest absolute Gasteiger partial charge is 0.417 e. The van der Waals surface area contributed by atoms with Crippen molar-refractivity contribution < 1.29 is 19.4 Å². The molecule has 1 aliphatic carbocycles. The Morgan fingerprint density at radius 3 is 2.50 bits per heavy atom. The maximum Gasteiger partial charge on any atom is 0.417 e. The van der Waals surface area contributed by atoms with Crippen LogP contribution in [0.1, 0.15) is 64.4 Å². The Kier molecular flexibility index (Phi) is 7.11. The summed E-state index contributed by atoms with van der Waals surface area (Å²) in [6.07, 6.45) is 5.64. The Morgan fingerprint density at radius 2 is 1.86 bits per heavy atom. The molecule has 0 radical (unpaired) electrons. The van der Waals surface area contributed by atoms with Crippen LogP contribution < -0.4 is 0 Å². The molecule has 1 heterocycles. The summed E-state index contributed by atoms with van der Waals surface area (Å²) >= 11 is 0. The average Bonchev–Trinajstić information content (AvgIpc) is 2.70. The maximum atomic E-state index is 13.1. The minimum atomic E-state index is -0.684. The minimum Gasteiger partial charge on any atom is -0.444 e. The second-order valence-electron chi connectivity index (χ2n) is 8.71. The number of rotatable bonds is 5. The third kappa shape index (κ3) is 4.93. The van der Waals surface area contributed by atoms with Gasteiger partial charge in [0.1, 0.15) is 6.61 Å². The van der Waals surface area contributed by atoms with Crippen molar-refractivity contribution in [3.05, 3.63) is 35.9 Å². The first-order valence-corrected chi connectivity index (χ1v) is 10.7. The van der Waals surface area contributed by atoms with E-state index in [2.05, 4.69) is 0 Å². The highest BCUT2D eigenvalue weighted by Gasteiger charge is 2.46. The van der Waals surface area contributed by atoms with Gasteiger partial charge in [-0.25, -0.2) is 9.69 Å². The molecule has 154 valence electrons. The van der Waals surface area contributed by atoms with Gasteiger partial charge in [-0.3, -0.25) is 4.79 Å². The number of piperidine rings is 1. The molecule has 1 aromatic rings. The summed E-state index contributed by atoms with van der Waals surface area (Å²) in [6.45, 7) is 4.05. The summed E-state index contributed by atoms with van der Waals surface area (Å²) in [5.74, 6) is -0.00974. The molecule has 3 rings (SSSR count). The molecule has 5 heteroatoms. The molecule has 3 atom stereocenters. The van der Waals surface area contributed by atoms with Crippen molar-refractivity contribution in [3.8, 4) is 0 Å². The van der Waals surface area contributed by atoms with E-state index in [1.807, 2.05) is 44.2 Å². The van der Waals surface area contributed by atoms with Gasteiger partial charge in [-0.1, -0.05) is 76.3 Å². The van der Waals surface area contributed by atoms with Crippen LogP contribution in [0.25, 0.3) is 0 Å². The molecule has 5 nitrogen and oxygen atoms in total. The molecular formula is C23H33NO4. The molecule has 1 aromatic carbocycles. The van der Waals surface area contributed by atoms with Gasteiger partial charge in [0, 0.05) is 5.92 Å². The lowest BCUT2D eigenvalue weighted by atomic mass is 9.77. The zero-order chi connectivity index (χ0) is 20.1. The summed E-state index contributed by atoms with van der Waals surface area (Å²) in [5, 5.41) is 10.8. The van der Waals surface area contributed by atoms with Gasteiger partial charge in [-0.2, -0.15) is 0 Å². The number of hydrogen-bond acceptors (Lipinski definition) is 4. The van der Waals surface area contributed by atoms with Gasteiger partial charge in [0.15, 0.2) is 0 Å². The summed E-state index contributed by atoms with van der Waals surface area (Å²) < 4.78 is 5.49. The second kappa shape index (κ2) is 9.55. The Hall–Kier alpha value is -1.88. The molecule has 1 aliphatic heterocycles. The number of likely N-dealkylation sites (tertiary alicyclic amines) is 1. The number of benzene rings is 1. The van der Waals surface area contributed by atoms with Crippen molar-refractivity contribution in [2.75, 3.05) is 0 Å². The number of nitrogens with zero attached hydrogens (tertiary/aromatic N) is 1. The van der Waals surface area contributed by atoms with Crippen molar-refractivity contribution in [2.45, 2.75) is 77.5 Å². The van der Waals surface area contributed by atoms with E-state index >= 15 is 0 Å². The molecule has 0 bridgehead atoms. The van der Waals surface area contributed by atoms with E-state index in [1.165, 1.54) is 24.2 Å². The van der Waals surface area contributed by atoms with Gasteiger partial charge in [0.25, 0.3) is 0 Å². The quantitative estimate of drug-likeness (QED) is 0.806. The van der Waals surface area contributed by atoms with Crippen molar-refractivity contribution in [2.24, 2.45) is 17.8 Å². The fourth-order valence-electron chi connectivity index (χ4n) is 4.63. The Bertz CT molecular complexity index is 654. The van der Waals surface area contributed by atoms with E-state index in [9.17, 15) is 14.7 Å². The standard InChI is InChI=1S/C23H33NO4/c1-16(2)19-14-21(25)20(13-17-9-5-3-6-10-17)24(22(19)26)23(27)28-15-18-11-7-4-8-12-18/h4,7-8,11-12,16-17,19-21,25H,3,5-6,9-10,13-15H2,1-2H3. The van der Waals surface area contributed by atoms with Crippen LogP contribution in [0.15, 0.2) is 30.3 Å². The lowest BCUT2D eigenvalue weighted by Crippen LogP contribution is -2.58. The van der Waals surface area contributed by atoms with Crippen LogP contribution in [0.4, 0.5) is 4.79 Å². The molecule has 1 N–H and O–H groups in total. The van der Waals surface area contributed by atoms with E-state index in [1.54, 1.807) is 0 Å². The van der Waals surface area contributed by atoms with Crippen molar-refractivity contribution >= 4 is 12.0 Å². The Labute approximate surface area is 168 Å². The normalized spacial score (nSPS) is 26.5. The number of aliphatic hydroxyl groups excluding tert-OH is 1. The highest BCUT2D eigenvalue weighted by Crippen LogP contribution is 2.36. The third-order valence-corrected chi connectivity index (χ3v) is 6.33. The molecule has 1 saturated carbocycles. The van der Waals surface area contributed by atoms with Crippen LogP contribution in [-0.2, 0) is 16.1 Å². The van der Waals surface area contributed by atoms with Gasteiger partial charge in [0.2, 0.25) is 5.91 Å². The van der Waals surface area contributed by atoms with Crippen LogP contribution in [0.5, 0.6) is 0 Å². The average molecular weight is 388 g/mol. The number of carbonyl (C=O) groups excluding carboxylic acids is 2. The maximum absolute atomic E-state index is 13.1. The molecule has 0 spiro atoms. The van der Waals surface area contributed by atoms with Gasteiger partial charge in [0.05, 0.1) is 12.1 Å². The lowest BCUT2D eigenvalue weighted by Gasteiger charge is -2.43. The van der Waals surface area contributed by atoms with E-state index in [0.29, 0.717) is 18.8 Å². The fourth-order valence-corrected chi connectivity index (χ4v) is 4.63. The van der Waals surface area contributed by atoms with Gasteiger partial charge >= 0.3 is 6.09 Å². The van der Waals surface area contributed by atoms with E-state index in [0.717, 1.165) is 18.4 Å². The molecule has 2 aliphatic rings. The summed E-state index contributed by atoms with van der Waals surface area (Å²) in [4.78, 5) is 27.3. The van der Waals surface area contributed by atoms with Gasteiger partial charge < -0.3 is 9.84 Å². The van der Waals surface area contributed by atoms with Gasteiger partial charge in [-0.05, 0) is 30.2 Å². The zero-order valence-electron chi connectivity index (χ0n) is 17.0. The number of aliphatic hydroxyl groups is 1. The number of imide groups is 1. The highest BCUT2D eigenvalue weighted by molar-refractivity contribution is 5.94. The third-order valence-electron chi connectivity index (χ3n) is 6.33. The van der Waals surface area contributed by atoms with E-state index in [-0.39, 0.29) is 24.3 Å². The molecular weight excluding hydrogens is 354 g/mol. The number of ether oxygens (including phenoxy) is 1. The van der Waals surface area contributed by atoms with E-state index < -0.39 is 18.2 Å². The molecule has 3 unspecified atom stereocenters. The molecule has 2 amide bonds. The topological polar surface area (TPSA) is 66.8 Å². The summed E-state index contributed by atoms with van der Waals surface area (Å²) in [6, 6.07) is 8.98. The molecule has 2 fully saturated rings. The highest BCUT2D eigenvalue weighted by atomic mass is 16.6. The zero-order valence-corrected chi connectivity index (χ0v) is 17.0. The molecule has 0 aromatic heterocycles. The predicted molar refractivity (Wildman–Crippen MR) is 107 cm³/mol. The van der Waals surface area contributed by atoms with Crippen molar-refractivity contribution in [1.82, 2.24) is 4.90 Å². The first-order chi connectivity index (χ1) is 13.5. The number of amides is 2. The minimum absolute atomic E-state index is 0.0715. The van der Waals surface area contributed by atoms with Crippen LogP contribution >= 0.6 is 0 Å². The first-order valence-electron chi connectivity index (χ1n) is 10.7. The van der Waals surface area contributed by atoms with Crippen LogP contribution in [0.3, 0.4) is 0 Å². The van der Waals surface area contributed by atoms with E-state index in [4.69, 9.17) is 4.74 Å². The summed E-state index contributed by atoms with van der Waals surface area (Å²) in [7, 11) is 0. The largest absolute Gasteiger partial charge is 0.444 e. The fraction of sp³-hybridized carbons (Fsp3) is 0.652. The van der Waals surface area contributed by atoms with Crippen LogP contribution in [-0.4, -0.2) is 34.2 Å². The first kappa shape index (κ1) is 20.8. The number of carbonyl (C=O) groups is 2. The van der Waals surface area contributed by atoms with Gasteiger partial charge in [-0.15, -0.1) is 0 Å². The van der Waals surface area contributed by atoms with Crippen molar-refractivity contribution in [1.29, 1.82) is 0 Å². The number of hydrogen-bond donors (Lipinski definition) is 1. The van der Waals surface area contributed by atoms with Crippen LogP contribution in [0, 0.1) is 17.8 Å². The molecule has 1 saturated heterocycles. The second-order valence-corrected chi connectivity index (χ2v) is 8.71.